The van der Waals surface area contributed by atoms with Gasteiger partial charge in [0.05, 0.1) is 11.4 Å². The quantitative estimate of drug-likeness (QED) is 0.689. The minimum absolute atomic E-state index is 0.984. The summed E-state index contributed by atoms with van der Waals surface area (Å²) in [5.41, 5.74) is 2.04. The van der Waals surface area contributed by atoms with Crippen molar-refractivity contribution in [2.45, 2.75) is 20.8 Å². The van der Waals surface area contributed by atoms with E-state index in [0.717, 1.165) is 11.4 Å². The van der Waals surface area contributed by atoms with E-state index in [1.54, 1.807) is 6.21 Å². The Balaban J connectivity index is 0.000000671. The largest absolute Gasteiger partial charge is 0.386 e. The summed E-state index contributed by atoms with van der Waals surface area (Å²) in [5.74, 6) is 0. The van der Waals surface area contributed by atoms with Gasteiger partial charge in [0.1, 0.15) is 0 Å². The van der Waals surface area contributed by atoms with Gasteiger partial charge in [-0.2, -0.15) is 0 Å². The number of para-hydroxylation sites is 2. The highest BCUT2D eigenvalue weighted by Gasteiger charge is 1.93. The lowest BCUT2D eigenvalue weighted by molar-refractivity contribution is 1.45. The van der Waals surface area contributed by atoms with Gasteiger partial charge in [0, 0.05) is 13.3 Å². The summed E-state index contributed by atoms with van der Waals surface area (Å²) < 4.78 is 0. The second-order valence-electron chi connectivity index (χ2n) is 2.15. The number of hydrogen-bond acceptors (Lipinski definition) is 2. The maximum atomic E-state index is 4.19. The molecule has 0 atom stereocenters. The summed E-state index contributed by atoms with van der Waals surface area (Å²) in [5, 5.41) is 3.07. The van der Waals surface area contributed by atoms with Crippen molar-refractivity contribution in [1.82, 2.24) is 0 Å². The molecule has 0 amide bonds. The van der Waals surface area contributed by atoms with E-state index in [-0.39, 0.29) is 0 Å². The van der Waals surface area contributed by atoms with Crippen LogP contribution >= 0.6 is 0 Å². The van der Waals surface area contributed by atoms with Crippen LogP contribution in [-0.2, 0) is 0 Å². The molecule has 1 rings (SSSR count). The molecule has 72 valence electrons. The van der Waals surface area contributed by atoms with Gasteiger partial charge in [-0.3, -0.25) is 4.99 Å². The molecule has 0 saturated carbocycles. The number of benzene rings is 1. The molecule has 0 bridgehead atoms. The van der Waals surface area contributed by atoms with Gasteiger partial charge in [-0.15, -0.1) is 0 Å². The highest BCUT2D eigenvalue weighted by atomic mass is 14.9. The molecule has 0 unspecified atom stereocenters. The smallest absolute Gasteiger partial charge is 0.0856 e. The maximum absolute atomic E-state index is 4.19. The van der Waals surface area contributed by atoms with E-state index >= 15 is 0 Å². The van der Waals surface area contributed by atoms with Crippen molar-refractivity contribution in [2.24, 2.45) is 4.99 Å². The van der Waals surface area contributed by atoms with Crippen molar-refractivity contribution in [3.8, 4) is 0 Å². The summed E-state index contributed by atoms with van der Waals surface area (Å²) in [4.78, 5) is 4.19. The molecular weight excluding hydrogens is 160 g/mol. The molecule has 2 heteroatoms. The Kier molecular flexibility index (Phi) is 6.60. The van der Waals surface area contributed by atoms with E-state index in [9.17, 15) is 0 Å². The van der Waals surface area contributed by atoms with Crippen LogP contribution in [0.1, 0.15) is 20.8 Å². The van der Waals surface area contributed by atoms with Crippen molar-refractivity contribution in [3.63, 3.8) is 0 Å². The summed E-state index contributed by atoms with van der Waals surface area (Å²) in [6.07, 6.45) is 1.79. The zero-order valence-electron chi connectivity index (χ0n) is 8.83. The summed E-state index contributed by atoms with van der Waals surface area (Å²) in [7, 11) is 1.89. The SMILES string of the molecule is CC.CC=Nc1ccccc1NC. The molecule has 13 heavy (non-hydrogen) atoms. The molecule has 0 radical (unpaired) electrons. The van der Waals surface area contributed by atoms with Crippen LogP contribution in [-0.4, -0.2) is 13.3 Å². The number of anilines is 1. The molecule has 0 spiro atoms. The lowest BCUT2D eigenvalue weighted by Crippen LogP contribution is -1.86. The second kappa shape index (κ2) is 7.35. The van der Waals surface area contributed by atoms with Gasteiger partial charge < -0.3 is 5.32 Å². The number of nitrogens with one attached hydrogen (secondary N) is 1. The van der Waals surface area contributed by atoms with Crippen LogP contribution in [0.25, 0.3) is 0 Å². The molecule has 0 aliphatic heterocycles. The third-order valence-corrected chi connectivity index (χ3v) is 1.44. The predicted octanol–water partition coefficient (Wildman–Crippen LogP) is 3.48. The van der Waals surface area contributed by atoms with Crippen LogP contribution in [0, 0.1) is 0 Å². The zero-order valence-corrected chi connectivity index (χ0v) is 8.83. The molecule has 0 aliphatic carbocycles. The topological polar surface area (TPSA) is 24.4 Å². The molecule has 1 N–H and O–H groups in total. The molecule has 0 aliphatic rings. The van der Waals surface area contributed by atoms with Gasteiger partial charge in [0.15, 0.2) is 0 Å². The minimum atomic E-state index is 0.984. The molecule has 1 aromatic carbocycles. The minimum Gasteiger partial charge on any atom is -0.386 e. The van der Waals surface area contributed by atoms with E-state index in [0.29, 0.717) is 0 Å². The second-order valence-corrected chi connectivity index (χ2v) is 2.15. The van der Waals surface area contributed by atoms with Crippen LogP contribution < -0.4 is 5.32 Å². The third kappa shape index (κ3) is 3.74. The monoisotopic (exact) mass is 178 g/mol. The average molecular weight is 178 g/mol. The van der Waals surface area contributed by atoms with Crippen LogP contribution in [0.2, 0.25) is 0 Å². The Morgan fingerprint density at radius 3 is 2.38 bits per heavy atom. The first kappa shape index (κ1) is 11.7. The Hall–Kier alpha value is -1.31. The van der Waals surface area contributed by atoms with Crippen molar-refractivity contribution < 1.29 is 0 Å². The highest BCUT2D eigenvalue weighted by molar-refractivity contribution is 5.71. The zero-order chi connectivity index (χ0) is 10.1. The number of hydrogen-bond donors (Lipinski definition) is 1. The van der Waals surface area contributed by atoms with E-state index in [1.165, 1.54) is 0 Å². The molecule has 2 nitrogen and oxygen atoms in total. The first-order valence-corrected chi connectivity index (χ1v) is 4.64. The van der Waals surface area contributed by atoms with E-state index in [2.05, 4.69) is 10.3 Å². The van der Waals surface area contributed by atoms with Gasteiger partial charge in [0.25, 0.3) is 0 Å². The van der Waals surface area contributed by atoms with Crippen molar-refractivity contribution in [2.75, 3.05) is 12.4 Å². The van der Waals surface area contributed by atoms with Crippen LogP contribution in [0.15, 0.2) is 29.3 Å². The fourth-order valence-electron chi connectivity index (χ4n) is 0.937. The van der Waals surface area contributed by atoms with Crippen molar-refractivity contribution >= 4 is 17.6 Å². The summed E-state index contributed by atoms with van der Waals surface area (Å²) >= 11 is 0. The highest BCUT2D eigenvalue weighted by Crippen LogP contribution is 2.22. The molecule has 0 saturated heterocycles. The lowest BCUT2D eigenvalue weighted by atomic mass is 10.3. The normalized spacial score (nSPS) is 9.23. The summed E-state index contributed by atoms with van der Waals surface area (Å²) in [6, 6.07) is 7.94. The van der Waals surface area contributed by atoms with Gasteiger partial charge >= 0.3 is 0 Å². The van der Waals surface area contributed by atoms with Crippen molar-refractivity contribution in [1.29, 1.82) is 0 Å². The molecular formula is C11H18N2. The Morgan fingerprint density at radius 2 is 1.85 bits per heavy atom. The predicted molar refractivity (Wildman–Crippen MR) is 61.2 cm³/mol. The van der Waals surface area contributed by atoms with E-state index in [1.807, 2.05) is 52.1 Å². The maximum Gasteiger partial charge on any atom is 0.0856 e. The van der Waals surface area contributed by atoms with Crippen LogP contribution in [0.3, 0.4) is 0 Å². The number of aliphatic imine (C=N–C) groups is 1. The molecule has 0 aromatic heterocycles. The standard InChI is InChI=1S/C9H12N2.C2H6/c1-3-11-9-7-5-4-6-8(9)10-2;1-2/h3-7,10H,1-2H3;1-2H3. The van der Waals surface area contributed by atoms with Crippen LogP contribution in [0.5, 0.6) is 0 Å². The van der Waals surface area contributed by atoms with Crippen molar-refractivity contribution in [3.05, 3.63) is 24.3 Å². The van der Waals surface area contributed by atoms with E-state index in [4.69, 9.17) is 0 Å². The first-order chi connectivity index (χ1) is 6.38. The number of nitrogens with zero attached hydrogens (tertiary/aromatic N) is 1. The number of rotatable bonds is 2. The van der Waals surface area contributed by atoms with Gasteiger partial charge in [-0.1, -0.05) is 26.0 Å². The van der Waals surface area contributed by atoms with Crippen LogP contribution in [0.4, 0.5) is 11.4 Å². The van der Waals surface area contributed by atoms with Gasteiger partial charge in [0.2, 0.25) is 0 Å². The average Bonchev–Trinajstić information content (AvgIpc) is 2.22. The summed E-state index contributed by atoms with van der Waals surface area (Å²) in [6.45, 7) is 5.91. The van der Waals surface area contributed by atoms with Gasteiger partial charge in [-0.05, 0) is 19.1 Å². The van der Waals surface area contributed by atoms with Gasteiger partial charge in [-0.25, -0.2) is 0 Å². The molecule has 1 aromatic rings. The Labute approximate surface area is 80.7 Å². The third-order valence-electron chi connectivity index (χ3n) is 1.44. The molecule has 0 heterocycles. The fraction of sp³-hybridized carbons (Fsp3) is 0.364. The first-order valence-electron chi connectivity index (χ1n) is 4.64. The Morgan fingerprint density at radius 1 is 1.23 bits per heavy atom. The Bertz CT molecular complexity index is 254. The molecule has 0 fully saturated rings. The fourth-order valence-corrected chi connectivity index (χ4v) is 0.937. The van der Waals surface area contributed by atoms with E-state index < -0.39 is 0 Å². The lowest BCUT2D eigenvalue weighted by Gasteiger charge is -2.02.